The van der Waals surface area contributed by atoms with Crippen LogP contribution < -0.4 is 5.56 Å². The number of aromatic amines is 2. The lowest BCUT2D eigenvalue weighted by atomic mass is 9.80. The van der Waals surface area contributed by atoms with Crippen LogP contribution in [0.1, 0.15) is 40.7 Å². The molecule has 2 aliphatic rings. The van der Waals surface area contributed by atoms with E-state index >= 15 is 0 Å². The summed E-state index contributed by atoms with van der Waals surface area (Å²) in [5, 5.41) is 0.954. The lowest BCUT2D eigenvalue weighted by molar-refractivity contribution is 0.310. The van der Waals surface area contributed by atoms with Crippen molar-refractivity contribution in [3.05, 3.63) is 62.7 Å². The van der Waals surface area contributed by atoms with Gasteiger partial charge in [-0.1, -0.05) is 0 Å². The molecular formula is C21H23FN4O. The molecule has 2 N–H and O–H groups in total. The molecule has 5 rings (SSSR count). The highest BCUT2D eigenvalue weighted by Crippen LogP contribution is 2.40. The summed E-state index contributed by atoms with van der Waals surface area (Å²) in [6.45, 7) is 6.64. The summed E-state index contributed by atoms with van der Waals surface area (Å²) in [5.41, 5.74) is 5.15. The van der Waals surface area contributed by atoms with Crippen LogP contribution in [0.3, 0.4) is 0 Å². The molecule has 3 heterocycles. The zero-order valence-corrected chi connectivity index (χ0v) is 15.6. The van der Waals surface area contributed by atoms with Gasteiger partial charge in [-0.2, -0.15) is 0 Å². The predicted octanol–water partition coefficient (Wildman–Crippen LogP) is 3.17. The van der Waals surface area contributed by atoms with Gasteiger partial charge in [-0.3, -0.25) is 9.69 Å². The first-order valence-electron chi connectivity index (χ1n) is 9.58. The van der Waals surface area contributed by atoms with Gasteiger partial charge in [-0.15, -0.1) is 0 Å². The summed E-state index contributed by atoms with van der Waals surface area (Å²) >= 11 is 0. The Bertz CT molecular complexity index is 1100. The van der Waals surface area contributed by atoms with E-state index in [1.807, 2.05) is 6.92 Å². The molecule has 0 spiro atoms. The van der Waals surface area contributed by atoms with Gasteiger partial charge in [0, 0.05) is 47.7 Å². The molecule has 5 nitrogen and oxygen atoms in total. The largest absolute Gasteiger partial charge is 0.357 e. The predicted molar refractivity (Wildman–Crippen MR) is 102 cm³/mol. The number of hydrogen-bond acceptors (Lipinski definition) is 3. The molecule has 0 unspecified atom stereocenters. The topological polar surface area (TPSA) is 64.8 Å². The number of aromatic nitrogens is 3. The van der Waals surface area contributed by atoms with E-state index < -0.39 is 0 Å². The summed E-state index contributed by atoms with van der Waals surface area (Å²) in [5.74, 6) is 1.38. The zero-order valence-electron chi connectivity index (χ0n) is 15.6. The van der Waals surface area contributed by atoms with Gasteiger partial charge in [0.1, 0.15) is 11.6 Å². The third kappa shape index (κ3) is 2.70. The maximum absolute atomic E-state index is 13.6. The number of hydrogen-bond donors (Lipinski definition) is 2. The Morgan fingerprint density at radius 3 is 2.96 bits per heavy atom. The summed E-state index contributed by atoms with van der Waals surface area (Å²) in [6.07, 6.45) is 1.86. The van der Waals surface area contributed by atoms with Crippen molar-refractivity contribution in [1.82, 2.24) is 19.9 Å². The number of rotatable bonds is 2. The minimum Gasteiger partial charge on any atom is -0.357 e. The Labute approximate surface area is 156 Å². The van der Waals surface area contributed by atoms with Crippen molar-refractivity contribution in [3.63, 3.8) is 0 Å². The normalized spacial score (nSPS) is 22.2. The van der Waals surface area contributed by atoms with Crippen molar-refractivity contribution >= 4 is 10.9 Å². The van der Waals surface area contributed by atoms with Gasteiger partial charge >= 0.3 is 0 Å². The molecule has 0 radical (unpaired) electrons. The fourth-order valence-electron chi connectivity index (χ4n) is 4.94. The maximum Gasteiger partial charge on any atom is 0.254 e. The van der Waals surface area contributed by atoms with Crippen LogP contribution in [-0.2, 0) is 13.0 Å². The van der Waals surface area contributed by atoms with Crippen molar-refractivity contribution in [2.45, 2.75) is 39.2 Å². The summed E-state index contributed by atoms with van der Waals surface area (Å²) in [4.78, 5) is 25.7. The lowest BCUT2D eigenvalue weighted by Crippen LogP contribution is -2.28. The molecule has 1 fully saturated rings. The first-order chi connectivity index (χ1) is 13.0. The minimum absolute atomic E-state index is 0.0305. The fourth-order valence-corrected chi connectivity index (χ4v) is 4.94. The van der Waals surface area contributed by atoms with E-state index in [0.29, 0.717) is 17.7 Å². The summed E-state index contributed by atoms with van der Waals surface area (Å²) < 4.78 is 13.6. The Kier molecular flexibility index (Phi) is 3.72. The Morgan fingerprint density at radius 1 is 1.26 bits per heavy atom. The van der Waals surface area contributed by atoms with Gasteiger partial charge in [0.15, 0.2) is 0 Å². The molecule has 1 saturated heterocycles. The van der Waals surface area contributed by atoms with Crippen LogP contribution in [0.15, 0.2) is 23.0 Å². The number of halogens is 1. The van der Waals surface area contributed by atoms with Crippen LogP contribution in [0.2, 0.25) is 0 Å². The number of benzene rings is 1. The number of H-pyrrole nitrogens is 2. The van der Waals surface area contributed by atoms with Gasteiger partial charge in [0.2, 0.25) is 0 Å². The van der Waals surface area contributed by atoms with E-state index in [-0.39, 0.29) is 11.4 Å². The molecule has 140 valence electrons. The second-order valence-corrected chi connectivity index (χ2v) is 8.03. The molecule has 1 aliphatic heterocycles. The van der Waals surface area contributed by atoms with Crippen LogP contribution in [-0.4, -0.2) is 32.9 Å². The smallest absolute Gasteiger partial charge is 0.254 e. The molecule has 1 aliphatic carbocycles. The second-order valence-electron chi connectivity index (χ2n) is 8.03. The van der Waals surface area contributed by atoms with Crippen LogP contribution in [0.4, 0.5) is 4.39 Å². The molecule has 0 amide bonds. The van der Waals surface area contributed by atoms with E-state index in [1.165, 1.54) is 6.07 Å². The molecule has 0 saturated carbocycles. The second kappa shape index (κ2) is 6.02. The van der Waals surface area contributed by atoms with Crippen molar-refractivity contribution in [2.75, 3.05) is 13.1 Å². The molecule has 27 heavy (non-hydrogen) atoms. The van der Waals surface area contributed by atoms with Crippen LogP contribution >= 0.6 is 0 Å². The number of nitrogens with zero attached hydrogens (tertiary/aromatic N) is 2. The minimum atomic E-state index is -0.202. The number of fused-ring (bicyclic) bond motifs is 4. The van der Waals surface area contributed by atoms with Gasteiger partial charge in [-0.05, 0) is 56.4 Å². The van der Waals surface area contributed by atoms with Crippen molar-refractivity contribution in [1.29, 1.82) is 0 Å². The van der Waals surface area contributed by atoms with E-state index in [0.717, 1.165) is 65.9 Å². The van der Waals surface area contributed by atoms with Gasteiger partial charge < -0.3 is 9.97 Å². The Morgan fingerprint density at radius 2 is 2.11 bits per heavy atom. The van der Waals surface area contributed by atoms with Crippen LogP contribution in [0.25, 0.3) is 10.9 Å². The average molecular weight is 366 g/mol. The highest BCUT2D eigenvalue weighted by molar-refractivity contribution is 5.84. The van der Waals surface area contributed by atoms with Gasteiger partial charge in [0.05, 0.1) is 5.69 Å². The molecule has 2 atom stereocenters. The van der Waals surface area contributed by atoms with E-state index in [9.17, 15) is 9.18 Å². The van der Waals surface area contributed by atoms with Crippen molar-refractivity contribution in [3.8, 4) is 0 Å². The quantitative estimate of drug-likeness (QED) is 0.732. The molecule has 0 bridgehead atoms. The van der Waals surface area contributed by atoms with Crippen LogP contribution in [0.5, 0.6) is 0 Å². The summed E-state index contributed by atoms with van der Waals surface area (Å²) in [6, 6.07) is 4.90. The van der Waals surface area contributed by atoms with E-state index in [4.69, 9.17) is 0 Å². The van der Waals surface area contributed by atoms with Gasteiger partial charge in [-0.25, -0.2) is 9.37 Å². The third-order valence-corrected chi connectivity index (χ3v) is 6.30. The van der Waals surface area contributed by atoms with Crippen LogP contribution in [0, 0.1) is 25.6 Å². The Hall–Kier alpha value is -2.47. The molecule has 2 aromatic heterocycles. The lowest BCUT2D eigenvalue weighted by Gasteiger charge is -2.25. The fraction of sp³-hybridized carbons (Fsp3) is 0.429. The molecule has 1 aromatic carbocycles. The Balaban J connectivity index is 1.43. The maximum atomic E-state index is 13.6. The highest BCUT2D eigenvalue weighted by Gasteiger charge is 2.39. The molecular weight excluding hydrogens is 343 g/mol. The first kappa shape index (κ1) is 16.7. The van der Waals surface area contributed by atoms with E-state index in [2.05, 4.69) is 26.8 Å². The van der Waals surface area contributed by atoms with Crippen molar-refractivity contribution < 1.29 is 4.39 Å². The highest BCUT2D eigenvalue weighted by atomic mass is 19.1. The van der Waals surface area contributed by atoms with Gasteiger partial charge in [0.25, 0.3) is 5.56 Å². The molecule has 6 heteroatoms. The standard InChI is InChI=1S/C21H23FN4O/c1-11-16-7-14(22)4-6-18(16)25-19(11)10-26-8-13-3-5-15-20(17(13)9-26)23-12(2)24-21(15)27/h4,6-7,13,17,25H,3,5,8-10H2,1-2H3,(H,23,24,27)/t13-,17+/m1/s1. The first-order valence-corrected chi connectivity index (χ1v) is 9.58. The number of likely N-dealkylation sites (tertiary alicyclic amines) is 1. The third-order valence-electron chi connectivity index (χ3n) is 6.30. The average Bonchev–Trinajstić information content (AvgIpc) is 3.17. The number of nitrogens with one attached hydrogen (secondary N) is 2. The monoisotopic (exact) mass is 366 g/mol. The zero-order chi connectivity index (χ0) is 18.7. The number of aryl methyl sites for hydroxylation is 2. The van der Waals surface area contributed by atoms with E-state index in [1.54, 1.807) is 12.1 Å². The summed E-state index contributed by atoms with van der Waals surface area (Å²) in [7, 11) is 0. The van der Waals surface area contributed by atoms with Crippen molar-refractivity contribution in [2.24, 2.45) is 5.92 Å². The SMILES string of the molecule is Cc1nc2c(c(=O)[nH]1)CC[C@@H]1CN(Cc3[nH]c4ccc(F)cc4c3C)C[C@H]21. The molecule has 3 aromatic rings.